The molecule has 0 fully saturated rings. The molecule has 25 heavy (non-hydrogen) atoms. The third-order valence-electron chi connectivity index (χ3n) is 2.55. The van der Waals surface area contributed by atoms with Crippen molar-refractivity contribution in [2.24, 2.45) is 0 Å². The fourth-order valence-electron chi connectivity index (χ4n) is 1.38. The van der Waals surface area contributed by atoms with Crippen LogP contribution in [-0.2, 0) is 42.0 Å². The van der Waals surface area contributed by atoms with Crippen molar-refractivity contribution in [1.29, 1.82) is 0 Å². The van der Waals surface area contributed by atoms with E-state index in [4.69, 9.17) is 48.7 Å². The third kappa shape index (κ3) is 20.4. The molecule has 0 radical (unpaired) electrons. The van der Waals surface area contributed by atoms with Gasteiger partial charge in [0.05, 0.1) is 79.3 Å². The summed E-state index contributed by atoms with van der Waals surface area (Å²) in [5, 5.41) is 0. The summed E-state index contributed by atoms with van der Waals surface area (Å²) in [7, 11) is 3.21. The first-order valence-electron chi connectivity index (χ1n) is 8.00. The highest BCUT2D eigenvalue weighted by molar-refractivity contribution is 7.81. The predicted molar refractivity (Wildman–Crippen MR) is 92.4 cm³/mol. The molecular formula is C14H30ClO9P. The Morgan fingerprint density at radius 3 is 1.16 bits per heavy atom. The molecule has 11 heteroatoms. The summed E-state index contributed by atoms with van der Waals surface area (Å²) in [5.74, 6) is 0. The second-order valence-corrected chi connectivity index (χ2v) is 7.15. The molecule has 0 aliphatic carbocycles. The predicted octanol–water partition coefficient (Wildman–Crippen LogP) is 1.73. The monoisotopic (exact) mass is 408 g/mol. The first kappa shape index (κ1) is 25.2. The molecular weight excluding hydrogens is 379 g/mol. The lowest BCUT2D eigenvalue weighted by Gasteiger charge is -2.12. The number of hydrogen-bond acceptors (Lipinski definition) is 9. The molecule has 0 atom stereocenters. The molecule has 0 N–H and O–H groups in total. The molecule has 9 nitrogen and oxygen atoms in total. The molecule has 0 aromatic rings. The highest BCUT2D eigenvalue weighted by Crippen LogP contribution is 2.53. The zero-order valence-electron chi connectivity index (χ0n) is 15.0. The van der Waals surface area contributed by atoms with Crippen LogP contribution in [0.1, 0.15) is 0 Å². The maximum absolute atomic E-state index is 11.8. The Morgan fingerprint density at radius 1 is 0.560 bits per heavy atom. The average Bonchev–Trinajstić information content (AvgIpc) is 2.59. The van der Waals surface area contributed by atoms with Crippen molar-refractivity contribution in [2.75, 3.05) is 93.5 Å². The van der Waals surface area contributed by atoms with Crippen molar-refractivity contribution >= 4 is 18.2 Å². The van der Waals surface area contributed by atoms with E-state index in [1.165, 1.54) is 0 Å². The van der Waals surface area contributed by atoms with E-state index in [0.717, 1.165) is 0 Å². The van der Waals surface area contributed by atoms with Gasteiger partial charge in [0.1, 0.15) is 0 Å². The maximum Gasteiger partial charge on any atom is 0.424 e. The number of ether oxygens (including phenoxy) is 6. The largest absolute Gasteiger partial charge is 0.424 e. The van der Waals surface area contributed by atoms with Gasteiger partial charge in [0.2, 0.25) is 0 Å². The molecule has 0 heterocycles. The molecule has 0 aromatic carbocycles. The Balaban J connectivity index is 3.34. The summed E-state index contributed by atoms with van der Waals surface area (Å²) in [6.07, 6.45) is 0. The van der Waals surface area contributed by atoms with Gasteiger partial charge in [0, 0.05) is 25.5 Å². The summed E-state index contributed by atoms with van der Waals surface area (Å²) >= 11 is 5.65. The lowest BCUT2D eigenvalue weighted by atomic mass is 10.7. The van der Waals surface area contributed by atoms with Crippen LogP contribution in [0.3, 0.4) is 0 Å². The Kier molecular flexibility index (Phi) is 19.1. The standard InChI is InChI=1S/C14H30ClO9P/c1-17-3-5-19-7-9-21-11-13-23-25(15,16)24-14-12-22-10-8-20-6-4-18-2/h3-14H2,1-2H3. The summed E-state index contributed by atoms with van der Waals surface area (Å²) in [6.45, 7) is 0.809. The average molecular weight is 409 g/mol. The first-order valence-corrected chi connectivity index (χ1v) is 10.4. The van der Waals surface area contributed by atoms with Crippen molar-refractivity contribution in [3.05, 3.63) is 0 Å². The van der Waals surface area contributed by atoms with E-state index in [9.17, 15) is 4.57 Å². The van der Waals surface area contributed by atoms with Crippen molar-refractivity contribution in [3.8, 4) is 0 Å². The summed E-state index contributed by atoms with van der Waals surface area (Å²) in [4.78, 5) is 0. The van der Waals surface area contributed by atoms with Crippen molar-refractivity contribution in [3.63, 3.8) is 0 Å². The highest BCUT2D eigenvalue weighted by Gasteiger charge is 2.20. The number of methoxy groups -OCH3 is 2. The number of halogens is 1. The quantitative estimate of drug-likeness (QED) is 0.220. The van der Waals surface area contributed by atoms with Gasteiger partial charge in [-0.2, -0.15) is 0 Å². The minimum Gasteiger partial charge on any atom is -0.382 e. The molecule has 0 saturated heterocycles. The van der Waals surface area contributed by atoms with Crippen LogP contribution < -0.4 is 0 Å². The van der Waals surface area contributed by atoms with E-state index in [1.54, 1.807) is 14.2 Å². The first-order chi connectivity index (χ1) is 12.1. The normalized spacial score (nSPS) is 12.0. The number of hydrogen-bond donors (Lipinski definition) is 0. The van der Waals surface area contributed by atoms with E-state index >= 15 is 0 Å². The molecule has 0 aliphatic rings. The van der Waals surface area contributed by atoms with E-state index in [0.29, 0.717) is 52.9 Å². The van der Waals surface area contributed by atoms with Crippen LogP contribution in [0, 0.1) is 0 Å². The Hall–Kier alpha value is 0.200. The van der Waals surface area contributed by atoms with Crippen molar-refractivity contribution in [2.45, 2.75) is 0 Å². The van der Waals surface area contributed by atoms with Crippen LogP contribution in [0.25, 0.3) is 0 Å². The van der Waals surface area contributed by atoms with Gasteiger partial charge in [-0.25, -0.2) is 4.57 Å². The molecule has 0 bridgehead atoms. The van der Waals surface area contributed by atoms with Gasteiger partial charge in [-0.1, -0.05) is 0 Å². The second-order valence-electron chi connectivity index (χ2n) is 4.53. The van der Waals surface area contributed by atoms with Crippen LogP contribution in [0.2, 0.25) is 0 Å². The lowest BCUT2D eigenvalue weighted by molar-refractivity contribution is 0.0126. The van der Waals surface area contributed by atoms with Crippen molar-refractivity contribution in [1.82, 2.24) is 0 Å². The van der Waals surface area contributed by atoms with Gasteiger partial charge >= 0.3 is 6.95 Å². The SMILES string of the molecule is COCCOCCOCCOP(=O)(Cl)OCCOCCOCCOC. The number of rotatable bonds is 20. The van der Waals surface area contributed by atoms with Gasteiger partial charge < -0.3 is 28.4 Å². The minimum atomic E-state index is -3.62. The topological polar surface area (TPSA) is 90.9 Å². The van der Waals surface area contributed by atoms with Crippen LogP contribution in [-0.4, -0.2) is 93.5 Å². The summed E-state index contributed by atoms with van der Waals surface area (Å²) in [5.41, 5.74) is 0. The Labute approximate surface area is 154 Å². The molecule has 152 valence electrons. The Morgan fingerprint density at radius 2 is 0.840 bits per heavy atom. The molecule has 0 unspecified atom stereocenters. The van der Waals surface area contributed by atoms with Crippen LogP contribution in [0.15, 0.2) is 0 Å². The fourth-order valence-corrected chi connectivity index (χ4v) is 2.45. The highest BCUT2D eigenvalue weighted by atomic mass is 35.7. The molecule has 0 saturated carbocycles. The molecule has 0 aliphatic heterocycles. The smallest absolute Gasteiger partial charge is 0.382 e. The van der Waals surface area contributed by atoms with E-state index in [-0.39, 0.29) is 26.4 Å². The van der Waals surface area contributed by atoms with Crippen LogP contribution >= 0.6 is 18.2 Å². The van der Waals surface area contributed by atoms with Gasteiger partial charge in [-0.15, -0.1) is 0 Å². The van der Waals surface area contributed by atoms with E-state index in [2.05, 4.69) is 0 Å². The Bertz CT molecular complexity index is 297. The molecule has 0 spiro atoms. The summed E-state index contributed by atoms with van der Waals surface area (Å²) < 4.78 is 52.2. The van der Waals surface area contributed by atoms with Gasteiger partial charge in [0.15, 0.2) is 0 Å². The maximum atomic E-state index is 11.8. The van der Waals surface area contributed by atoms with Crippen LogP contribution in [0.4, 0.5) is 0 Å². The van der Waals surface area contributed by atoms with Crippen molar-refractivity contribution < 1.29 is 42.0 Å². The minimum absolute atomic E-state index is 0.0625. The third-order valence-corrected chi connectivity index (χ3v) is 4.12. The lowest BCUT2D eigenvalue weighted by Crippen LogP contribution is -2.12. The molecule has 0 rings (SSSR count). The zero-order chi connectivity index (χ0) is 18.6. The summed E-state index contributed by atoms with van der Waals surface area (Å²) in [6, 6.07) is 0. The van der Waals surface area contributed by atoms with E-state index in [1.807, 2.05) is 0 Å². The molecule has 0 aromatic heterocycles. The van der Waals surface area contributed by atoms with E-state index < -0.39 is 6.95 Å². The van der Waals surface area contributed by atoms with Crippen LogP contribution in [0.5, 0.6) is 0 Å². The zero-order valence-corrected chi connectivity index (χ0v) is 16.6. The fraction of sp³-hybridized carbons (Fsp3) is 1.00. The van der Waals surface area contributed by atoms with Gasteiger partial charge in [-0.3, -0.25) is 9.05 Å². The second kappa shape index (κ2) is 19.0. The van der Waals surface area contributed by atoms with Gasteiger partial charge in [-0.05, 0) is 0 Å². The molecule has 0 amide bonds. The van der Waals surface area contributed by atoms with Gasteiger partial charge in [0.25, 0.3) is 0 Å².